The van der Waals surface area contributed by atoms with E-state index < -0.39 is 10.0 Å². The second kappa shape index (κ2) is 8.95. The van der Waals surface area contributed by atoms with Crippen LogP contribution in [0.1, 0.15) is 48.0 Å². The van der Waals surface area contributed by atoms with Crippen LogP contribution in [0.2, 0.25) is 4.34 Å². The highest BCUT2D eigenvalue weighted by Crippen LogP contribution is 2.28. The fourth-order valence-corrected chi connectivity index (χ4v) is 5.87. The first-order valence-electron chi connectivity index (χ1n) is 9.35. The number of halogens is 1. The minimum Gasteiger partial charge on any atom is -0.349 e. The van der Waals surface area contributed by atoms with E-state index in [0.717, 1.165) is 4.88 Å². The normalized spacial score (nSPS) is 17.1. The molecule has 1 aliphatic heterocycles. The van der Waals surface area contributed by atoms with Gasteiger partial charge in [-0.15, -0.1) is 11.3 Å². The smallest absolute Gasteiger partial charge is 0.243 e. The van der Waals surface area contributed by atoms with Gasteiger partial charge in [-0.25, -0.2) is 8.42 Å². The van der Waals surface area contributed by atoms with Gasteiger partial charge in [0.15, 0.2) is 5.78 Å². The Morgan fingerprint density at radius 2 is 1.76 bits per heavy atom. The molecule has 1 atom stereocenters. The van der Waals surface area contributed by atoms with Gasteiger partial charge in [0.05, 0.1) is 15.3 Å². The average Bonchev–Trinajstić information content (AvgIpc) is 3.14. The maximum absolute atomic E-state index is 12.8. The van der Waals surface area contributed by atoms with Gasteiger partial charge in [-0.05, 0) is 51.0 Å². The molecule has 6 nitrogen and oxygen atoms in total. The Morgan fingerprint density at radius 3 is 2.28 bits per heavy atom. The zero-order valence-electron chi connectivity index (χ0n) is 16.2. The van der Waals surface area contributed by atoms with Crippen molar-refractivity contribution in [3.8, 4) is 0 Å². The molecule has 3 rings (SSSR count). The number of hydrogen-bond donors (Lipinski definition) is 1. The maximum Gasteiger partial charge on any atom is 0.243 e. The Bertz CT molecular complexity index is 994. The molecule has 0 radical (unpaired) electrons. The summed E-state index contributed by atoms with van der Waals surface area (Å²) in [7, 11) is -3.64. The number of thiophene rings is 1. The molecule has 1 aliphatic rings. The highest BCUT2D eigenvalue weighted by Gasteiger charge is 2.32. The summed E-state index contributed by atoms with van der Waals surface area (Å²) < 4.78 is 27.8. The minimum absolute atomic E-state index is 0.0649. The molecule has 156 valence electrons. The molecule has 9 heteroatoms. The molecule has 1 aromatic heterocycles. The summed E-state index contributed by atoms with van der Waals surface area (Å²) in [5.41, 5.74) is 0.473. The number of piperidine rings is 1. The average molecular weight is 455 g/mol. The van der Waals surface area contributed by atoms with Gasteiger partial charge in [-0.3, -0.25) is 9.59 Å². The van der Waals surface area contributed by atoms with Gasteiger partial charge in [0, 0.05) is 29.4 Å². The molecular formula is C20H23ClN2O4S2. The molecule has 1 aromatic carbocycles. The molecule has 2 heterocycles. The zero-order chi connectivity index (χ0) is 21.2. The molecule has 1 fully saturated rings. The van der Waals surface area contributed by atoms with E-state index in [4.69, 9.17) is 11.6 Å². The monoisotopic (exact) mass is 454 g/mol. The van der Waals surface area contributed by atoms with Gasteiger partial charge in [-0.2, -0.15) is 4.31 Å². The van der Waals surface area contributed by atoms with Crippen molar-refractivity contribution in [1.82, 2.24) is 9.62 Å². The molecule has 0 saturated carbocycles. The van der Waals surface area contributed by atoms with E-state index in [2.05, 4.69) is 5.32 Å². The van der Waals surface area contributed by atoms with Gasteiger partial charge in [-0.1, -0.05) is 23.7 Å². The summed E-state index contributed by atoms with van der Waals surface area (Å²) in [4.78, 5) is 25.1. The molecule has 29 heavy (non-hydrogen) atoms. The van der Waals surface area contributed by atoms with Crippen LogP contribution >= 0.6 is 22.9 Å². The van der Waals surface area contributed by atoms with Crippen molar-refractivity contribution in [3.63, 3.8) is 0 Å². The minimum atomic E-state index is -3.64. The van der Waals surface area contributed by atoms with Gasteiger partial charge in [0.2, 0.25) is 15.9 Å². The van der Waals surface area contributed by atoms with E-state index in [0.29, 0.717) is 22.7 Å². The standard InChI is InChI=1S/C20H23ClN2O4S2/c1-13(18-7-8-19(21)28-18)22-20(25)16-9-11-23(12-10-16)29(26,27)17-5-3-15(4-6-17)14(2)24/h3-8,13,16H,9-12H2,1-2H3,(H,22,25). The van der Waals surface area contributed by atoms with Gasteiger partial charge < -0.3 is 5.32 Å². The number of carbonyl (C=O) groups excluding carboxylic acids is 2. The summed E-state index contributed by atoms with van der Waals surface area (Å²) in [6, 6.07) is 9.52. The number of amides is 1. The number of sulfonamides is 1. The maximum atomic E-state index is 12.8. The molecular weight excluding hydrogens is 432 g/mol. The molecule has 2 aromatic rings. The fraction of sp³-hybridized carbons (Fsp3) is 0.400. The Labute approximate surface area is 179 Å². The summed E-state index contributed by atoms with van der Waals surface area (Å²) in [6.45, 7) is 3.92. The first-order valence-corrected chi connectivity index (χ1v) is 12.0. The number of Topliss-reactive ketones (excluding diaryl/α,β-unsaturated/α-hetero) is 1. The Kier molecular flexibility index (Phi) is 6.78. The SMILES string of the molecule is CC(=O)c1ccc(S(=O)(=O)N2CCC(C(=O)NC(C)c3ccc(Cl)s3)CC2)cc1. The van der Waals surface area contributed by atoms with Crippen molar-refractivity contribution in [1.29, 1.82) is 0 Å². The van der Waals surface area contributed by atoms with E-state index in [1.807, 2.05) is 13.0 Å². The summed E-state index contributed by atoms with van der Waals surface area (Å²) in [5.74, 6) is -0.399. The van der Waals surface area contributed by atoms with Crippen LogP contribution < -0.4 is 5.32 Å². The molecule has 1 unspecified atom stereocenters. The van der Waals surface area contributed by atoms with Crippen molar-refractivity contribution in [2.75, 3.05) is 13.1 Å². The lowest BCUT2D eigenvalue weighted by Crippen LogP contribution is -2.43. The lowest BCUT2D eigenvalue weighted by atomic mass is 9.97. The van der Waals surface area contributed by atoms with Crippen LogP contribution in [-0.2, 0) is 14.8 Å². The van der Waals surface area contributed by atoms with Crippen molar-refractivity contribution in [2.45, 2.75) is 37.6 Å². The fourth-order valence-electron chi connectivity index (χ4n) is 3.33. The van der Waals surface area contributed by atoms with Crippen LogP contribution in [0.25, 0.3) is 0 Å². The van der Waals surface area contributed by atoms with Crippen LogP contribution in [0.4, 0.5) is 0 Å². The Balaban J connectivity index is 1.59. The summed E-state index contributed by atoms with van der Waals surface area (Å²) in [5, 5.41) is 2.99. The number of nitrogens with one attached hydrogen (secondary N) is 1. The van der Waals surface area contributed by atoms with Crippen LogP contribution in [0.3, 0.4) is 0 Å². The molecule has 0 bridgehead atoms. The summed E-state index contributed by atoms with van der Waals surface area (Å²) in [6.07, 6.45) is 0.934. The largest absolute Gasteiger partial charge is 0.349 e. The Morgan fingerprint density at radius 1 is 1.14 bits per heavy atom. The van der Waals surface area contributed by atoms with Crippen LogP contribution in [0, 0.1) is 5.92 Å². The van der Waals surface area contributed by atoms with E-state index in [1.165, 1.54) is 46.8 Å². The van der Waals surface area contributed by atoms with Crippen molar-refractivity contribution in [3.05, 3.63) is 51.2 Å². The molecule has 1 amide bonds. The van der Waals surface area contributed by atoms with Gasteiger partial charge >= 0.3 is 0 Å². The zero-order valence-corrected chi connectivity index (χ0v) is 18.6. The van der Waals surface area contributed by atoms with Crippen molar-refractivity contribution in [2.24, 2.45) is 5.92 Å². The van der Waals surface area contributed by atoms with Crippen LogP contribution in [0.15, 0.2) is 41.3 Å². The number of benzene rings is 1. The number of rotatable bonds is 6. The second-order valence-electron chi connectivity index (χ2n) is 7.13. The number of carbonyl (C=O) groups is 2. The first kappa shape index (κ1) is 22.0. The van der Waals surface area contributed by atoms with Crippen LogP contribution in [0.5, 0.6) is 0 Å². The predicted octanol–water partition coefficient (Wildman–Crippen LogP) is 3.88. The van der Waals surface area contributed by atoms with E-state index >= 15 is 0 Å². The molecule has 1 N–H and O–H groups in total. The molecule has 0 spiro atoms. The quantitative estimate of drug-likeness (QED) is 0.671. The molecule has 1 saturated heterocycles. The van der Waals surface area contributed by atoms with E-state index in [9.17, 15) is 18.0 Å². The molecule has 0 aliphatic carbocycles. The van der Waals surface area contributed by atoms with Crippen molar-refractivity contribution < 1.29 is 18.0 Å². The third kappa shape index (κ3) is 5.06. The topological polar surface area (TPSA) is 83.6 Å². The highest BCUT2D eigenvalue weighted by molar-refractivity contribution is 7.89. The Hall–Kier alpha value is -1.74. The highest BCUT2D eigenvalue weighted by atomic mass is 35.5. The third-order valence-electron chi connectivity index (χ3n) is 5.10. The summed E-state index contributed by atoms with van der Waals surface area (Å²) >= 11 is 7.38. The van der Waals surface area contributed by atoms with E-state index in [-0.39, 0.29) is 41.6 Å². The number of hydrogen-bond acceptors (Lipinski definition) is 5. The van der Waals surface area contributed by atoms with Gasteiger partial charge in [0.1, 0.15) is 0 Å². The number of ketones is 1. The van der Waals surface area contributed by atoms with Crippen molar-refractivity contribution >= 4 is 44.7 Å². The first-order chi connectivity index (χ1) is 13.7. The van der Waals surface area contributed by atoms with E-state index in [1.54, 1.807) is 6.07 Å². The number of nitrogens with zero attached hydrogens (tertiary/aromatic N) is 1. The predicted molar refractivity (Wildman–Crippen MR) is 114 cm³/mol. The third-order valence-corrected chi connectivity index (χ3v) is 8.43. The van der Waals surface area contributed by atoms with Gasteiger partial charge in [0.25, 0.3) is 0 Å². The second-order valence-corrected chi connectivity index (χ2v) is 10.8. The van der Waals surface area contributed by atoms with Crippen LogP contribution in [-0.4, -0.2) is 37.5 Å². The lowest BCUT2D eigenvalue weighted by molar-refractivity contribution is -0.126. The lowest BCUT2D eigenvalue weighted by Gasteiger charge is -2.31.